The Labute approximate surface area is 207 Å². The van der Waals surface area contributed by atoms with Crippen molar-refractivity contribution in [3.63, 3.8) is 0 Å². The van der Waals surface area contributed by atoms with Crippen LogP contribution in [-0.4, -0.2) is 52.7 Å². The number of nitrogens with one attached hydrogen (secondary N) is 1. The molecule has 0 saturated heterocycles. The van der Waals surface area contributed by atoms with Crippen molar-refractivity contribution in [2.75, 3.05) is 18.9 Å². The SMILES string of the molecule is COc1cccc(OC)c1-n1c(NS(=O)(=O)[C@H](C)[C@@H](O)c2oc(C)nc2C)nnc1-c1ccc(C)o1. The van der Waals surface area contributed by atoms with E-state index in [9.17, 15) is 13.5 Å². The summed E-state index contributed by atoms with van der Waals surface area (Å²) in [6.07, 6.45) is -1.48. The summed E-state index contributed by atoms with van der Waals surface area (Å²) < 4.78 is 52.8. The van der Waals surface area contributed by atoms with Gasteiger partial charge < -0.3 is 23.4 Å². The van der Waals surface area contributed by atoms with E-state index >= 15 is 0 Å². The molecule has 0 fully saturated rings. The molecule has 1 aromatic carbocycles. The number of para-hydroxylation sites is 1. The number of sulfonamides is 1. The standard InChI is InChI=1S/C23H27N5O7S/c1-12-10-11-18(34-12)22-25-26-23(28(22)19-16(32-5)8-7-9-17(19)33-6)27-36(30,31)14(3)20(29)21-13(2)24-15(4)35-21/h7-11,14,20,29H,1-6H3,(H,26,27)/t14-,20-/m1/s1. The first-order valence-corrected chi connectivity index (χ1v) is 12.5. The molecular formula is C23H27N5O7S. The first-order chi connectivity index (χ1) is 17.1. The fourth-order valence-electron chi connectivity index (χ4n) is 3.75. The number of benzene rings is 1. The minimum Gasteiger partial charge on any atom is -0.494 e. The van der Waals surface area contributed by atoms with Gasteiger partial charge in [0.15, 0.2) is 17.4 Å². The minimum atomic E-state index is -4.22. The summed E-state index contributed by atoms with van der Waals surface area (Å²) in [5.41, 5.74) is 0.753. The predicted molar refractivity (Wildman–Crippen MR) is 130 cm³/mol. The molecule has 0 aliphatic carbocycles. The Balaban J connectivity index is 1.83. The zero-order valence-corrected chi connectivity index (χ0v) is 21.5. The van der Waals surface area contributed by atoms with Gasteiger partial charge in [-0.1, -0.05) is 6.07 Å². The topological polar surface area (TPSA) is 155 Å². The molecule has 0 spiro atoms. The highest BCUT2D eigenvalue weighted by atomic mass is 32.2. The van der Waals surface area contributed by atoms with Crippen molar-refractivity contribution in [3.8, 4) is 28.8 Å². The third kappa shape index (κ3) is 4.54. The van der Waals surface area contributed by atoms with Gasteiger partial charge in [-0.3, -0.25) is 9.29 Å². The smallest absolute Gasteiger partial charge is 0.243 e. The van der Waals surface area contributed by atoms with Crippen LogP contribution in [0.2, 0.25) is 0 Å². The molecule has 4 aromatic rings. The van der Waals surface area contributed by atoms with E-state index in [0.29, 0.717) is 40.3 Å². The molecular weight excluding hydrogens is 490 g/mol. The number of aliphatic hydroxyl groups is 1. The van der Waals surface area contributed by atoms with Crippen LogP contribution in [-0.2, 0) is 10.0 Å². The van der Waals surface area contributed by atoms with Crippen LogP contribution in [0.25, 0.3) is 17.3 Å². The van der Waals surface area contributed by atoms with Gasteiger partial charge in [0.2, 0.25) is 21.8 Å². The lowest BCUT2D eigenvalue weighted by molar-refractivity contribution is 0.146. The maximum atomic E-state index is 13.4. The summed E-state index contributed by atoms with van der Waals surface area (Å²) in [4.78, 5) is 4.10. The Morgan fingerprint density at radius 3 is 2.22 bits per heavy atom. The third-order valence-corrected chi connectivity index (χ3v) is 7.33. The molecule has 192 valence electrons. The zero-order chi connectivity index (χ0) is 26.2. The van der Waals surface area contributed by atoms with Crippen molar-refractivity contribution in [1.82, 2.24) is 19.7 Å². The minimum absolute atomic E-state index is 0.0741. The molecule has 36 heavy (non-hydrogen) atoms. The van der Waals surface area contributed by atoms with Gasteiger partial charge in [-0.2, -0.15) is 0 Å². The summed E-state index contributed by atoms with van der Waals surface area (Å²) in [5, 5.41) is 17.7. The number of oxazole rings is 1. The molecule has 3 aromatic heterocycles. The molecule has 0 aliphatic rings. The Morgan fingerprint density at radius 1 is 1.03 bits per heavy atom. The molecule has 0 saturated carbocycles. The van der Waals surface area contributed by atoms with E-state index in [2.05, 4.69) is 19.9 Å². The maximum Gasteiger partial charge on any atom is 0.243 e. The Hall–Kier alpha value is -3.84. The number of furan rings is 1. The lowest BCUT2D eigenvalue weighted by Crippen LogP contribution is -2.32. The number of hydrogen-bond acceptors (Lipinski definition) is 10. The Kier molecular flexibility index (Phi) is 6.78. The fourth-order valence-corrected chi connectivity index (χ4v) is 4.79. The van der Waals surface area contributed by atoms with Crippen LogP contribution < -0.4 is 14.2 Å². The number of anilines is 1. The molecule has 2 N–H and O–H groups in total. The second-order valence-electron chi connectivity index (χ2n) is 8.08. The number of aryl methyl sites for hydroxylation is 3. The largest absolute Gasteiger partial charge is 0.494 e. The van der Waals surface area contributed by atoms with E-state index in [1.165, 1.54) is 25.7 Å². The Morgan fingerprint density at radius 2 is 1.69 bits per heavy atom. The van der Waals surface area contributed by atoms with Crippen molar-refractivity contribution >= 4 is 16.0 Å². The fraction of sp³-hybridized carbons (Fsp3) is 0.348. The van der Waals surface area contributed by atoms with Crippen LogP contribution in [0.3, 0.4) is 0 Å². The van der Waals surface area contributed by atoms with Crippen LogP contribution in [0.1, 0.15) is 36.1 Å². The van der Waals surface area contributed by atoms with Gasteiger partial charge in [-0.25, -0.2) is 13.4 Å². The van der Waals surface area contributed by atoms with E-state index < -0.39 is 21.4 Å². The summed E-state index contributed by atoms with van der Waals surface area (Å²) in [5.74, 6) is 2.16. The van der Waals surface area contributed by atoms with Crippen LogP contribution >= 0.6 is 0 Å². The number of methoxy groups -OCH3 is 2. The molecule has 0 bridgehead atoms. The number of nitrogens with zero attached hydrogens (tertiary/aromatic N) is 4. The van der Waals surface area contributed by atoms with Gasteiger partial charge in [0, 0.05) is 6.92 Å². The highest BCUT2D eigenvalue weighted by Gasteiger charge is 2.35. The number of hydrogen-bond donors (Lipinski definition) is 2. The van der Waals surface area contributed by atoms with Crippen molar-refractivity contribution < 1.29 is 31.8 Å². The molecule has 0 aliphatic heterocycles. The second kappa shape index (κ2) is 9.66. The highest BCUT2D eigenvalue weighted by molar-refractivity contribution is 7.93. The van der Waals surface area contributed by atoms with Gasteiger partial charge in [-0.15, -0.1) is 10.2 Å². The van der Waals surface area contributed by atoms with Gasteiger partial charge >= 0.3 is 0 Å². The van der Waals surface area contributed by atoms with E-state index in [4.69, 9.17) is 18.3 Å². The quantitative estimate of drug-likeness (QED) is 0.338. The number of aromatic nitrogens is 4. The van der Waals surface area contributed by atoms with Crippen molar-refractivity contribution in [2.45, 2.75) is 39.0 Å². The van der Waals surface area contributed by atoms with Crippen molar-refractivity contribution in [2.24, 2.45) is 0 Å². The van der Waals surface area contributed by atoms with Gasteiger partial charge in [0.1, 0.15) is 34.3 Å². The zero-order valence-electron chi connectivity index (χ0n) is 20.6. The van der Waals surface area contributed by atoms with Crippen molar-refractivity contribution in [3.05, 3.63) is 53.4 Å². The molecule has 12 nitrogen and oxygen atoms in total. The molecule has 0 radical (unpaired) electrons. The monoisotopic (exact) mass is 517 g/mol. The lowest BCUT2D eigenvalue weighted by Gasteiger charge is -2.20. The van der Waals surface area contributed by atoms with Gasteiger partial charge in [-0.05, 0) is 45.0 Å². The first kappa shape index (κ1) is 25.3. The van der Waals surface area contributed by atoms with Crippen LogP contribution in [0.15, 0.2) is 39.2 Å². The normalized spacial score (nSPS) is 13.4. The molecule has 4 rings (SSSR count). The van der Waals surface area contributed by atoms with Crippen molar-refractivity contribution in [1.29, 1.82) is 0 Å². The molecule has 3 heterocycles. The highest BCUT2D eigenvalue weighted by Crippen LogP contribution is 2.38. The number of rotatable bonds is 9. The van der Waals surface area contributed by atoms with Gasteiger partial charge in [0.25, 0.3) is 0 Å². The predicted octanol–water partition coefficient (Wildman–Crippen LogP) is 3.32. The van der Waals surface area contributed by atoms with E-state index in [1.807, 2.05) is 0 Å². The number of ether oxygens (including phenoxy) is 2. The summed E-state index contributed by atoms with van der Waals surface area (Å²) in [6.45, 7) is 6.37. The average Bonchev–Trinajstić information content (AvgIpc) is 3.55. The first-order valence-electron chi connectivity index (χ1n) is 10.9. The van der Waals surface area contributed by atoms with Gasteiger partial charge in [0.05, 0.1) is 19.9 Å². The lowest BCUT2D eigenvalue weighted by atomic mass is 10.2. The molecule has 13 heteroatoms. The summed E-state index contributed by atoms with van der Waals surface area (Å²) in [6, 6.07) is 8.55. The maximum absolute atomic E-state index is 13.4. The average molecular weight is 518 g/mol. The Bertz CT molecular complexity index is 1470. The third-order valence-electron chi connectivity index (χ3n) is 5.62. The molecule has 2 atom stereocenters. The van der Waals surface area contributed by atoms with Crippen LogP contribution in [0.5, 0.6) is 11.5 Å². The van der Waals surface area contributed by atoms with E-state index in [1.54, 1.807) is 51.1 Å². The van der Waals surface area contributed by atoms with Crippen LogP contribution in [0, 0.1) is 20.8 Å². The molecule has 0 amide bonds. The second-order valence-corrected chi connectivity index (χ2v) is 10.1. The summed E-state index contributed by atoms with van der Waals surface area (Å²) >= 11 is 0. The number of aliphatic hydroxyl groups excluding tert-OH is 1. The van der Waals surface area contributed by atoms with E-state index in [-0.39, 0.29) is 17.5 Å². The summed E-state index contributed by atoms with van der Waals surface area (Å²) in [7, 11) is -1.27. The molecule has 0 unspecified atom stereocenters. The van der Waals surface area contributed by atoms with E-state index in [0.717, 1.165) is 0 Å². The van der Waals surface area contributed by atoms with Crippen LogP contribution in [0.4, 0.5) is 5.95 Å².